The van der Waals surface area contributed by atoms with Gasteiger partial charge in [0.25, 0.3) is 0 Å². The van der Waals surface area contributed by atoms with Gasteiger partial charge in [-0.1, -0.05) is 40.0 Å². The first-order valence-electron chi connectivity index (χ1n) is 9.73. The van der Waals surface area contributed by atoms with E-state index < -0.39 is 0 Å². The molecule has 0 radical (unpaired) electrons. The van der Waals surface area contributed by atoms with E-state index in [0.717, 1.165) is 6.61 Å². The average molecular weight is 299 g/mol. The molecule has 1 heterocycles. The summed E-state index contributed by atoms with van der Waals surface area (Å²) in [4.78, 5) is 0. The van der Waals surface area contributed by atoms with Gasteiger partial charge in [-0.05, 0) is 38.5 Å². The lowest BCUT2D eigenvalue weighted by atomic mass is 10.1. The van der Waals surface area contributed by atoms with E-state index in [1.54, 1.807) is 0 Å². The molecule has 1 rings (SSSR count). The molecule has 1 unspecified atom stereocenters. The normalized spacial score (nSPS) is 18.1. The third kappa shape index (κ3) is 8.83. The smallest absolute Gasteiger partial charge is 0.0863 e. The van der Waals surface area contributed by atoms with Crippen LogP contribution in [0, 0.1) is 0 Å². The van der Waals surface area contributed by atoms with Gasteiger partial charge in [0.05, 0.1) is 38.9 Å². The fourth-order valence-electron chi connectivity index (χ4n) is 3.42. The molecule has 1 aliphatic rings. The van der Waals surface area contributed by atoms with Crippen LogP contribution < -0.4 is 0 Å². The predicted octanol–water partition coefficient (Wildman–Crippen LogP) is 5.16. The Labute approximate surface area is 133 Å². The maximum Gasteiger partial charge on any atom is 0.0863 e. The van der Waals surface area contributed by atoms with Gasteiger partial charge < -0.3 is 9.22 Å². The Kier molecular flexibility index (Phi) is 10.4. The highest BCUT2D eigenvalue weighted by Crippen LogP contribution is 2.21. The fourth-order valence-corrected chi connectivity index (χ4v) is 3.42. The number of ether oxygens (including phenoxy) is 1. The van der Waals surface area contributed by atoms with Gasteiger partial charge in [0, 0.05) is 6.42 Å². The zero-order valence-corrected chi connectivity index (χ0v) is 15.0. The Morgan fingerprint density at radius 1 is 0.714 bits per heavy atom. The fraction of sp³-hybridized carbons (Fsp3) is 1.00. The van der Waals surface area contributed by atoms with E-state index in [2.05, 4.69) is 20.8 Å². The standard InChI is InChI=1S/C19H40NO/c1-4-7-10-14-20(15-11-8-5-2,16-12-9-6-3)17-13-19-18-21-19/h19H,4-18H2,1-3H3/q+1. The monoisotopic (exact) mass is 298 g/mol. The Balaban J connectivity index is 2.51. The number of hydrogen-bond acceptors (Lipinski definition) is 1. The molecule has 2 nitrogen and oxygen atoms in total. The van der Waals surface area contributed by atoms with Gasteiger partial charge in [0.1, 0.15) is 0 Å². The summed E-state index contributed by atoms with van der Waals surface area (Å²) in [6.45, 7) is 13.6. The van der Waals surface area contributed by atoms with Gasteiger partial charge in [0.15, 0.2) is 0 Å². The SMILES string of the molecule is CCCCC[N+](CCCCC)(CCCCC)CCC1CO1. The summed E-state index contributed by atoms with van der Waals surface area (Å²) >= 11 is 0. The third-order valence-corrected chi connectivity index (χ3v) is 5.04. The largest absolute Gasteiger partial charge is 0.373 e. The number of hydrogen-bond donors (Lipinski definition) is 0. The lowest BCUT2D eigenvalue weighted by Gasteiger charge is -2.39. The first kappa shape index (κ1) is 19.0. The average Bonchev–Trinajstić information content (AvgIpc) is 3.30. The summed E-state index contributed by atoms with van der Waals surface area (Å²) in [5.74, 6) is 0. The maximum absolute atomic E-state index is 5.47. The predicted molar refractivity (Wildman–Crippen MR) is 92.7 cm³/mol. The number of rotatable bonds is 15. The molecule has 21 heavy (non-hydrogen) atoms. The molecule has 1 fully saturated rings. The second-order valence-electron chi connectivity index (χ2n) is 7.10. The van der Waals surface area contributed by atoms with Gasteiger partial charge in [-0.3, -0.25) is 0 Å². The summed E-state index contributed by atoms with van der Waals surface area (Å²) in [5.41, 5.74) is 0. The first-order chi connectivity index (χ1) is 10.3. The molecule has 0 aliphatic carbocycles. The van der Waals surface area contributed by atoms with Crippen molar-refractivity contribution in [2.75, 3.05) is 32.8 Å². The third-order valence-electron chi connectivity index (χ3n) is 5.04. The van der Waals surface area contributed by atoms with Crippen molar-refractivity contribution < 1.29 is 9.22 Å². The van der Waals surface area contributed by atoms with Crippen molar-refractivity contribution >= 4 is 0 Å². The Morgan fingerprint density at radius 3 is 1.48 bits per heavy atom. The molecule has 0 aromatic heterocycles. The zero-order valence-electron chi connectivity index (χ0n) is 15.0. The van der Waals surface area contributed by atoms with E-state index in [9.17, 15) is 0 Å². The lowest BCUT2D eigenvalue weighted by molar-refractivity contribution is -0.929. The number of quaternary nitrogens is 1. The molecule has 0 spiro atoms. The van der Waals surface area contributed by atoms with Crippen molar-refractivity contribution in [1.82, 2.24) is 0 Å². The molecule has 0 saturated carbocycles. The highest BCUT2D eigenvalue weighted by molar-refractivity contribution is 4.68. The van der Waals surface area contributed by atoms with E-state index in [0.29, 0.717) is 6.10 Å². The molecule has 0 aromatic rings. The Bertz CT molecular complexity index is 211. The van der Waals surface area contributed by atoms with Crippen molar-refractivity contribution in [1.29, 1.82) is 0 Å². The van der Waals surface area contributed by atoms with Crippen LogP contribution in [0.15, 0.2) is 0 Å². The maximum atomic E-state index is 5.47. The molecule has 2 heteroatoms. The lowest BCUT2D eigenvalue weighted by Crippen LogP contribution is -2.51. The van der Waals surface area contributed by atoms with Crippen LogP contribution in [-0.4, -0.2) is 43.4 Å². The van der Waals surface area contributed by atoms with Crippen molar-refractivity contribution in [3.63, 3.8) is 0 Å². The van der Waals surface area contributed by atoms with Gasteiger partial charge in [-0.2, -0.15) is 0 Å². The van der Waals surface area contributed by atoms with Gasteiger partial charge in [-0.15, -0.1) is 0 Å². The van der Waals surface area contributed by atoms with Gasteiger partial charge in [-0.25, -0.2) is 0 Å². The van der Waals surface area contributed by atoms with Crippen LogP contribution in [0.2, 0.25) is 0 Å². The van der Waals surface area contributed by atoms with Crippen LogP contribution in [0.25, 0.3) is 0 Å². The Morgan fingerprint density at radius 2 is 1.14 bits per heavy atom. The summed E-state index contributed by atoms with van der Waals surface area (Å²) in [5, 5.41) is 0. The minimum Gasteiger partial charge on any atom is -0.373 e. The molecule has 0 aromatic carbocycles. The summed E-state index contributed by atoms with van der Waals surface area (Å²) < 4.78 is 6.86. The van der Waals surface area contributed by atoms with Gasteiger partial charge in [0.2, 0.25) is 0 Å². The summed E-state index contributed by atoms with van der Waals surface area (Å²) in [7, 11) is 0. The molecule has 1 atom stereocenters. The second kappa shape index (κ2) is 11.5. The molecule has 1 aliphatic heterocycles. The van der Waals surface area contributed by atoms with E-state index in [4.69, 9.17) is 4.74 Å². The molecule has 126 valence electrons. The van der Waals surface area contributed by atoms with Crippen LogP contribution in [0.3, 0.4) is 0 Å². The zero-order chi connectivity index (χ0) is 15.4. The number of unbranched alkanes of at least 4 members (excludes halogenated alkanes) is 6. The minimum atomic E-state index is 0.603. The van der Waals surface area contributed by atoms with E-state index in [1.165, 1.54) is 94.9 Å². The second-order valence-corrected chi connectivity index (χ2v) is 7.10. The summed E-state index contributed by atoms with van der Waals surface area (Å²) in [6, 6.07) is 0. The van der Waals surface area contributed by atoms with E-state index >= 15 is 0 Å². The molecular weight excluding hydrogens is 258 g/mol. The van der Waals surface area contributed by atoms with Crippen molar-refractivity contribution in [2.24, 2.45) is 0 Å². The molecule has 1 saturated heterocycles. The van der Waals surface area contributed by atoms with Crippen molar-refractivity contribution in [3.05, 3.63) is 0 Å². The molecular formula is C19H40NO+. The number of epoxide rings is 1. The van der Waals surface area contributed by atoms with Crippen LogP contribution in [0.1, 0.15) is 85.0 Å². The topological polar surface area (TPSA) is 12.5 Å². The van der Waals surface area contributed by atoms with Crippen molar-refractivity contribution in [2.45, 2.75) is 91.1 Å². The highest BCUT2D eigenvalue weighted by Gasteiger charge is 2.31. The van der Waals surface area contributed by atoms with E-state index in [-0.39, 0.29) is 0 Å². The van der Waals surface area contributed by atoms with Crippen LogP contribution in [-0.2, 0) is 4.74 Å². The molecule has 0 amide bonds. The minimum absolute atomic E-state index is 0.603. The summed E-state index contributed by atoms with van der Waals surface area (Å²) in [6.07, 6.45) is 14.4. The number of nitrogens with zero attached hydrogens (tertiary/aromatic N) is 1. The molecule has 0 N–H and O–H groups in total. The quantitative estimate of drug-likeness (QED) is 0.231. The highest BCUT2D eigenvalue weighted by atomic mass is 16.6. The Hall–Kier alpha value is -0.0800. The van der Waals surface area contributed by atoms with Crippen molar-refractivity contribution in [3.8, 4) is 0 Å². The van der Waals surface area contributed by atoms with Crippen LogP contribution in [0.4, 0.5) is 0 Å². The van der Waals surface area contributed by atoms with Crippen LogP contribution >= 0.6 is 0 Å². The van der Waals surface area contributed by atoms with Crippen LogP contribution in [0.5, 0.6) is 0 Å². The molecule has 0 bridgehead atoms. The van der Waals surface area contributed by atoms with E-state index in [1.807, 2.05) is 0 Å². The first-order valence-corrected chi connectivity index (χ1v) is 9.73. The van der Waals surface area contributed by atoms with Gasteiger partial charge >= 0.3 is 0 Å².